The summed E-state index contributed by atoms with van der Waals surface area (Å²) in [6.07, 6.45) is 4.34. The minimum atomic E-state index is -0.361. The zero-order valence-electron chi connectivity index (χ0n) is 11.5. The molecule has 4 nitrogen and oxygen atoms in total. The molecule has 0 aromatic heterocycles. The fourth-order valence-corrected chi connectivity index (χ4v) is 2.38. The second kappa shape index (κ2) is 6.89. The average Bonchev–Trinajstić information content (AvgIpc) is 2.46. The van der Waals surface area contributed by atoms with Gasteiger partial charge in [-0.3, -0.25) is 9.59 Å². The van der Waals surface area contributed by atoms with E-state index in [9.17, 15) is 9.59 Å². The predicted octanol–water partition coefficient (Wildman–Crippen LogP) is 1.65. The van der Waals surface area contributed by atoms with Crippen molar-refractivity contribution in [2.45, 2.75) is 25.7 Å². The number of hydrogen-bond donors (Lipinski definition) is 1. The van der Waals surface area contributed by atoms with E-state index >= 15 is 0 Å². The minimum Gasteiger partial charge on any atom is -0.370 e. The van der Waals surface area contributed by atoms with Crippen LogP contribution in [0.15, 0.2) is 42.0 Å². The molecule has 0 bridgehead atoms. The number of carbonyl (C=O) groups is 2. The first-order chi connectivity index (χ1) is 9.66. The largest absolute Gasteiger partial charge is 0.370 e. The van der Waals surface area contributed by atoms with E-state index in [1.807, 2.05) is 29.2 Å². The number of benzene rings is 1. The molecule has 2 N–H and O–H groups in total. The van der Waals surface area contributed by atoms with Crippen molar-refractivity contribution in [3.8, 4) is 0 Å². The zero-order valence-corrected chi connectivity index (χ0v) is 11.5. The van der Waals surface area contributed by atoms with E-state index in [4.69, 9.17) is 5.73 Å². The summed E-state index contributed by atoms with van der Waals surface area (Å²) in [7, 11) is 0. The normalized spacial score (nSPS) is 15.1. The number of nitrogens with two attached hydrogens (primary N) is 1. The topological polar surface area (TPSA) is 63.4 Å². The number of amides is 2. The van der Waals surface area contributed by atoms with Gasteiger partial charge in [0.25, 0.3) is 0 Å². The van der Waals surface area contributed by atoms with E-state index in [1.165, 1.54) is 5.56 Å². The van der Waals surface area contributed by atoms with Crippen molar-refractivity contribution >= 4 is 11.8 Å². The second-order valence-corrected chi connectivity index (χ2v) is 5.01. The number of nitrogens with zero attached hydrogens (tertiary/aromatic N) is 1. The summed E-state index contributed by atoms with van der Waals surface area (Å²) in [6.45, 7) is 1.47. The molecule has 2 rings (SSSR count). The number of hydrogen-bond acceptors (Lipinski definition) is 2. The standard InChI is InChI=1S/C16H20N2O2/c17-15(19)9-8-14-7-4-11-18(16(14)20)12-10-13-5-2-1-3-6-13/h1-3,5-7H,4,8-12H2,(H2,17,19). The molecule has 0 radical (unpaired) electrons. The van der Waals surface area contributed by atoms with Crippen molar-refractivity contribution < 1.29 is 9.59 Å². The molecule has 1 aliphatic heterocycles. The molecule has 0 saturated heterocycles. The van der Waals surface area contributed by atoms with E-state index in [2.05, 4.69) is 12.1 Å². The van der Waals surface area contributed by atoms with Crippen molar-refractivity contribution in [1.29, 1.82) is 0 Å². The van der Waals surface area contributed by atoms with Crippen molar-refractivity contribution in [1.82, 2.24) is 4.90 Å². The Kier molecular flexibility index (Phi) is 4.93. The summed E-state index contributed by atoms with van der Waals surface area (Å²) in [5.74, 6) is -0.312. The molecule has 0 saturated carbocycles. The van der Waals surface area contributed by atoms with Gasteiger partial charge < -0.3 is 10.6 Å². The van der Waals surface area contributed by atoms with E-state index in [0.29, 0.717) is 6.42 Å². The van der Waals surface area contributed by atoms with Crippen LogP contribution in [0.1, 0.15) is 24.8 Å². The summed E-state index contributed by atoms with van der Waals surface area (Å²) in [5, 5.41) is 0. The van der Waals surface area contributed by atoms with Gasteiger partial charge in [-0.2, -0.15) is 0 Å². The third-order valence-electron chi connectivity index (χ3n) is 3.51. The van der Waals surface area contributed by atoms with Crippen LogP contribution < -0.4 is 5.73 Å². The van der Waals surface area contributed by atoms with E-state index in [0.717, 1.165) is 31.5 Å². The van der Waals surface area contributed by atoms with Crippen molar-refractivity contribution in [2.24, 2.45) is 5.73 Å². The van der Waals surface area contributed by atoms with Crippen LogP contribution in [0, 0.1) is 0 Å². The fourth-order valence-electron chi connectivity index (χ4n) is 2.38. The Hall–Kier alpha value is -2.10. The lowest BCUT2D eigenvalue weighted by Crippen LogP contribution is -2.37. The van der Waals surface area contributed by atoms with Gasteiger partial charge in [0.1, 0.15) is 0 Å². The average molecular weight is 272 g/mol. The van der Waals surface area contributed by atoms with Gasteiger partial charge in [-0.05, 0) is 24.8 Å². The number of rotatable bonds is 6. The smallest absolute Gasteiger partial charge is 0.249 e. The summed E-state index contributed by atoms with van der Waals surface area (Å²) in [4.78, 5) is 24.9. The molecule has 0 spiro atoms. The molecule has 0 fully saturated rings. The quantitative estimate of drug-likeness (QED) is 0.856. The molecule has 0 aliphatic carbocycles. The Balaban J connectivity index is 1.88. The highest BCUT2D eigenvalue weighted by atomic mass is 16.2. The SMILES string of the molecule is NC(=O)CCC1=CCCN(CCc2ccccc2)C1=O. The first kappa shape index (κ1) is 14.3. The van der Waals surface area contributed by atoms with Gasteiger partial charge in [0.15, 0.2) is 0 Å². The summed E-state index contributed by atoms with van der Waals surface area (Å²) in [6, 6.07) is 10.1. The van der Waals surface area contributed by atoms with E-state index < -0.39 is 0 Å². The van der Waals surface area contributed by atoms with E-state index in [1.54, 1.807) is 0 Å². The Labute approximate surface area is 119 Å². The van der Waals surface area contributed by atoms with Crippen LogP contribution in [0.5, 0.6) is 0 Å². The van der Waals surface area contributed by atoms with Gasteiger partial charge in [0, 0.05) is 25.1 Å². The lowest BCUT2D eigenvalue weighted by molar-refractivity contribution is -0.127. The summed E-state index contributed by atoms with van der Waals surface area (Å²) >= 11 is 0. The fraction of sp³-hybridized carbons (Fsp3) is 0.375. The van der Waals surface area contributed by atoms with Gasteiger partial charge in [0.2, 0.25) is 11.8 Å². The second-order valence-electron chi connectivity index (χ2n) is 5.01. The third kappa shape index (κ3) is 3.95. The van der Waals surface area contributed by atoms with Gasteiger partial charge in [0.05, 0.1) is 0 Å². The van der Waals surface area contributed by atoms with Crippen molar-refractivity contribution in [2.75, 3.05) is 13.1 Å². The summed E-state index contributed by atoms with van der Waals surface area (Å²) in [5.41, 5.74) is 7.09. The molecule has 0 unspecified atom stereocenters. The number of primary amides is 1. The molecular formula is C16H20N2O2. The van der Waals surface area contributed by atoms with Crippen molar-refractivity contribution in [3.05, 3.63) is 47.5 Å². The Morgan fingerprint density at radius 3 is 2.65 bits per heavy atom. The third-order valence-corrected chi connectivity index (χ3v) is 3.51. The Morgan fingerprint density at radius 1 is 1.20 bits per heavy atom. The minimum absolute atomic E-state index is 0.0495. The monoisotopic (exact) mass is 272 g/mol. The lowest BCUT2D eigenvalue weighted by Gasteiger charge is -2.27. The maximum atomic E-state index is 12.3. The highest BCUT2D eigenvalue weighted by Crippen LogP contribution is 2.16. The van der Waals surface area contributed by atoms with E-state index in [-0.39, 0.29) is 18.2 Å². The van der Waals surface area contributed by atoms with Gasteiger partial charge in [-0.25, -0.2) is 0 Å². The Bertz CT molecular complexity index is 508. The maximum Gasteiger partial charge on any atom is 0.249 e. The maximum absolute atomic E-state index is 12.3. The molecule has 1 aromatic carbocycles. The first-order valence-corrected chi connectivity index (χ1v) is 6.97. The van der Waals surface area contributed by atoms with Gasteiger partial charge in [-0.1, -0.05) is 36.4 Å². The van der Waals surface area contributed by atoms with Crippen LogP contribution in [0.25, 0.3) is 0 Å². The zero-order chi connectivity index (χ0) is 14.4. The highest BCUT2D eigenvalue weighted by Gasteiger charge is 2.21. The molecule has 20 heavy (non-hydrogen) atoms. The first-order valence-electron chi connectivity index (χ1n) is 6.97. The number of carbonyl (C=O) groups excluding carboxylic acids is 2. The molecule has 106 valence electrons. The molecule has 1 aromatic rings. The molecular weight excluding hydrogens is 252 g/mol. The molecule has 4 heteroatoms. The summed E-state index contributed by atoms with van der Waals surface area (Å²) < 4.78 is 0. The van der Waals surface area contributed by atoms with Crippen LogP contribution in [-0.4, -0.2) is 29.8 Å². The molecule has 1 heterocycles. The predicted molar refractivity (Wildman–Crippen MR) is 77.9 cm³/mol. The van der Waals surface area contributed by atoms with Crippen molar-refractivity contribution in [3.63, 3.8) is 0 Å². The van der Waals surface area contributed by atoms with Gasteiger partial charge >= 0.3 is 0 Å². The van der Waals surface area contributed by atoms with Crippen LogP contribution in [0.4, 0.5) is 0 Å². The molecule has 0 atom stereocenters. The molecule has 2 amide bonds. The highest BCUT2D eigenvalue weighted by molar-refractivity contribution is 5.94. The Morgan fingerprint density at radius 2 is 1.95 bits per heavy atom. The van der Waals surface area contributed by atoms with Crippen LogP contribution in [0.2, 0.25) is 0 Å². The van der Waals surface area contributed by atoms with Crippen LogP contribution >= 0.6 is 0 Å². The van der Waals surface area contributed by atoms with Crippen LogP contribution in [-0.2, 0) is 16.0 Å². The lowest BCUT2D eigenvalue weighted by atomic mass is 10.0. The van der Waals surface area contributed by atoms with Crippen LogP contribution in [0.3, 0.4) is 0 Å². The molecule has 1 aliphatic rings. The van der Waals surface area contributed by atoms with Gasteiger partial charge in [-0.15, -0.1) is 0 Å².